The predicted molar refractivity (Wildman–Crippen MR) is 123 cm³/mol. The van der Waals surface area contributed by atoms with Crippen LogP contribution in [0.5, 0.6) is 0 Å². The van der Waals surface area contributed by atoms with Crippen molar-refractivity contribution in [2.24, 2.45) is 4.99 Å². The van der Waals surface area contributed by atoms with Gasteiger partial charge in [-0.25, -0.2) is 4.99 Å². The van der Waals surface area contributed by atoms with Gasteiger partial charge in [0.1, 0.15) is 6.54 Å². The van der Waals surface area contributed by atoms with E-state index in [1.165, 1.54) is 11.1 Å². The van der Waals surface area contributed by atoms with Crippen molar-refractivity contribution in [1.29, 1.82) is 0 Å². The minimum absolute atomic E-state index is 0.204. The minimum Gasteiger partial charge on any atom is -0.359 e. The molecule has 0 saturated carbocycles. The average molecular weight is 426 g/mol. The molecule has 3 rings (SSSR count). The summed E-state index contributed by atoms with van der Waals surface area (Å²) < 4.78 is 5.46. The monoisotopic (exact) mass is 425 g/mol. The number of guanidine groups is 1. The Balaban J connectivity index is 1.42. The third kappa shape index (κ3) is 6.32. The number of fused-ring (bicyclic) bond motifs is 1. The Morgan fingerprint density at radius 3 is 2.52 bits per heavy atom. The standard InChI is InChI=1S/C24H35N5O2/c1-4-18(5-2)22-14-21(31-28-22)15-27-24(25-6-3)26-13-9-12-23(30)29-16-19-10-7-8-11-20(19)17-29/h7-8,10-11,14,18H,4-6,9,12-13,15-17H2,1-3H3,(H2,25,26,27). The zero-order chi connectivity index (χ0) is 22.1. The number of hydrogen-bond donors (Lipinski definition) is 2. The molecule has 7 heteroatoms. The second kappa shape index (κ2) is 11.5. The number of rotatable bonds is 10. The number of nitrogens with zero attached hydrogens (tertiary/aromatic N) is 3. The molecule has 1 aliphatic rings. The maximum Gasteiger partial charge on any atom is 0.223 e. The van der Waals surface area contributed by atoms with Crippen molar-refractivity contribution < 1.29 is 9.32 Å². The van der Waals surface area contributed by atoms with Crippen LogP contribution in [0.4, 0.5) is 0 Å². The maximum atomic E-state index is 12.5. The van der Waals surface area contributed by atoms with Crippen molar-refractivity contribution in [1.82, 2.24) is 20.7 Å². The third-order valence-corrected chi connectivity index (χ3v) is 5.77. The number of carbonyl (C=O) groups excluding carboxylic acids is 1. The molecule has 7 nitrogen and oxygen atoms in total. The molecule has 31 heavy (non-hydrogen) atoms. The summed E-state index contributed by atoms with van der Waals surface area (Å²) in [6, 6.07) is 10.3. The topological polar surface area (TPSA) is 82.8 Å². The Morgan fingerprint density at radius 2 is 1.87 bits per heavy atom. The van der Waals surface area contributed by atoms with Crippen LogP contribution in [0.1, 0.15) is 75.0 Å². The lowest BCUT2D eigenvalue weighted by atomic mass is 9.99. The second-order valence-electron chi connectivity index (χ2n) is 7.98. The van der Waals surface area contributed by atoms with Crippen LogP contribution in [0.25, 0.3) is 0 Å². The second-order valence-corrected chi connectivity index (χ2v) is 7.98. The van der Waals surface area contributed by atoms with E-state index in [0.29, 0.717) is 25.4 Å². The van der Waals surface area contributed by atoms with E-state index < -0.39 is 0 Å². The molecule has 1 amide bonds. The van der Waals surface area contributed by atoms with Gasteiger partial charge in [-0.15, -0.1) is 0 Å². The first-order valence-corrected chi connectivity index (χ1v) is 11.5. The Bertz CT molecular complexity index is 847. The quantitative estimate of drug-likeness (QED) is 0.342. The van der Waals surface area contributed by atoms with Crippen LogP contribution in [0.3, 0.4) is 0 Å². The summed E-state index contributed by atoms with van der Waals surface area (Å²) in [5.41, 5.74) is 3.53. The van der Waals surface area contributed by atoms with Crippen LogP contribution in [0, 0.1) is 0 Å². The first kappa shape index (κ1) is 22.8. The van der Waals surface area contributed by atoms with Gasteiger partial charge in [0.15, 0.2) is 11.7 Å². The van der Waals surface area contributed by atoms with Gasteiger partial charge >= 0.3 is 0 Å². The molecule has 0 unspecified atom stereocenters. The van der Waals surface area contributed by atoms with Crippen LogP contribution in [-0.2, 0) is 24.4 Å². The molecule has 0 aliphatic carbocycles. The number of nitrogens with one attached hydrogen (secondary N) is 2. The van der Waals surface area contributed by atoms with Crippen molar-refractivity contribution in [2.75, 3.05) is 13.1 Å². The molecular formula is C24H35N5O2. The van der Waals surface area contributed by atoms with Crippen molar-refractivity contribution in [3.8, 4) is 0 Å². The lowest BCUT2D eigenvalue weighted by Gasteiger charge is -2.16. The normalized spacial score (nSPS) is 13.5. The fraction of sp³-hybridized carbons (Fsp3) is 0.542. The highest BCUT2D eigenvalue weighted by Crippen LogP contribution is 2.23. The van der Waals surface area contributed by atoms with Crippen LogP contribution >= 0.6 is 0 Å². The molecule has 168 valence electrons. The Labute approximate surface area is 185 Å². The van der Waals surface area contributed by atoms with E-state index >= 15 is 0 Å². The largest absolute Gasteiger partial charge is 0.359 e. The Kier molecular flexibility index (Phi) is 8.50. The zero-order valence-corrected chi connectivity index (χ0v) is 19.0. The number of amides is 1. The SMILES string of the molecule is CCNC(=NCc1cc(C(CC)CC)no1)NCCCC(=O)N1Cc2ccccc2C1. The number of aromatic nitrogens is 1. The molecular weight excluding hydrogens is 390 g/mol. The summed E-state index contributed by atoms with van der Waals surface area (Å²) in [7, 11) is 0. The summed E-state index contributed by atoms with van der Waals surface area (Å²) >= 11 is 0. The predicted octanol–water partition coefficient (Wildman–Crippen LogP) is 3.96. The molecule has 0 bridgehead atoms. The molecule has 0 atom stereocenters. The highest BCUT2D eigenvalue weighted by Gasteiger charge is 2.22. The summed E-state index contributed by atoms with van der Waals surface area (Å²) in [6.45, 7) is 9.71. The highest BCUT2D eigenvalue weighted by molar-refractivity contribution is 5.80. The minimum atomic E-state index is 0.204. The molecule has 0 radical (unpaired) electrons. The van der Waals surface area contributed by atoms with Crippen molar-refractivity contribution in [2.45, 2.75) is 72.0 Å². The summed E-state index contributed by atoms with van der Waals surface area (Å²) in [6.07, 6.45) is 3.40. The fourth-order valence-electron chi connectivity index (χ4n) is 3.92. The maximum absolute atomic E-state index is 12.5. The van der Waals surface area contributed by atoms with Gasteiger partial charge in [-0.1, -0.05) is 43.3 Å². The zero-order valence-electron chi connectivity index (χ0n) is 19.0. The first-order chi connectivity index (χ1) is 15.1. The van der Waals surface area contributed by atoms with Crippen molar-refractivity contribution >= 4 is 11.9 Å². The number of aliphatic imine (C=N–C) groups is 1. The number of benzene rings is 1. The van der Waals surface area contributed by atoms with E-state index in [1.807, 2.05) is 30.0 Å². The van der Waals surface area contributed by atoms with Gasteiger partial charge in [-0.3, -0.25) is 4.79 Å². The molecule has 0 saturated heterocycles. The van der Waals surface area contributed by atoms with Gasteiger partial charge in [0.05, 0.1) is 5.69 Å². The molecule has 0 spiro atoms. The fourth-order valence-corrected chi connectivity index (χ4v) is 3.92. The van der Waals surface area contributed by atoms with E-state index in [-0.39, 0.29) is 5.91 Å². The number of hydrogen-bond acceptors (Lipinski definition) is 4. The van der Waals surface area contributed by atoms with Crippen LogP contribution < -0.4 is 10.6 Å². The molecule has 2 aromatic rings. The van der Waals surface area contributed by atoms with E-state index in [4.69, 9.17) is 4.52 Å². The first-order valence-electron chi connectivity index (χ1n) is 11.5. The molecule has 2 N–H and O–H groups in total. The van der Waals surface area contributed by atoms with Gasteiger partial charge in [0.2, 0.25) is 5.91 Å². The summed E-state index contributed by atoms with van der Waals surface area (Å²) in [5.74, 6) is 2.14. The lowest BCUT2D eigenvalue weighted by Crippen LogP contribution is -2.38. The average Bonchev–Trinajstić information content (AvgIpc) is 3.43. The van der Waals surface area contributed by atoms with Gasteiger partial charge in [-0.05, 0) is 37.3 Å². The molecule has 0 fully saturated rings. The van der Waals surface area contributed by atoms with E-state index in [9.17, 15) is 4.79 Å². The Morgan fingerprint density at radius 1 is 1.16 bits per heavy atom. The summed E-state index contributed by atoms with van der Waals surface area (Å²) in [4.78, 5) is 19.1. The molecule has 1 aromatic heterocycles. The van der Waals surface area contributed by atoms with Gasteiger partial charge in [-0.2, -0.15) is 0 Å². The van der Waals surface area contributed by atoms with Crippen LogP contribution in [0.2, 0.25) is 0 Å². The van der Waals surface area contributed by atoms with Gasteiger partial charge in [0.25, 0.3) is 0 Å². The van der Waals surface area contributed by atoms with Gasteiger partial charge < -0.3 is 20.1 Å². The Hall–Kier alpha value is -2.83. The van der Waals surface area contributed by atoms with Crippen molar-refractivity contribution in [3.05, 3.63) is 52.9 Å². The van der Waals surface area contributed by atoms with Crippen molar-refractivity contribution in [3.63, 3.8) is 0 Å². The lowest BCUT2D eigenvalue weighted by molar-refractivity contribution is -0.131. The summed E-state index contributed by atoms with van der Waals surface area (Å²) in [5, 5.41) is 10.8. The molecule has 2 heterocycles. The smallest absolute Gasteiger partial charge is 0.223 e. The van der Waals surface area contributed by atoms with Crippen LogP contribution in [-0.4, -0.2) is 35.0 Å². The van der Waals surface area contributed by atoms with Gasteiger partial charge in [0, 0.05) is 44.6 Å². The van der Waals surface area contributed by atoms with E-state index in [1.54, 1.807) is 0 Å². The number of carbonyl (C=O) groups is 1. The van der Waals surface area contributed by atoms with E-state index in [2.05, 4.69) is 46.8 Å². The van der Waals surface area contributed by atoms with E-state index in [0.717, 1.165) is 56.3 Å². The molecule has 1 aromatic carbocycles. The van der Waals surface area contributed by atoms with Crippen LogP contribution in [0.15, 0.2) is 39.8 Å². The third-order valence-electron chi connectivity index (χ3n) is 5.77. The highest BCUT2D eigenvalue weighted by atomic mass is 16.5. The molecule has 1 aliphatic heterocycles.